The molecule has 9 heteroatoms. The van der Waals surface area contributed by atoms with Crippen LogP contribution in [0.2, 0.25) is 0 Å². The van der Waals surface area contributed by atoms with Gasteiger partial charge in [-0.3, -0.25) is 9.59 Å². The van der Waals surface area contributed by atoms with E-state index < -0.39 is 17.6 Å². The van der Waals surface area contributed by atoms with E-state index in [0.717, 1.165) is 37.8 Å². The van der Waals surface area contributed by atoms with Crippen molar-refractivity contribution >= 4 is 23.2 Å². The number of benzene rings is 1. The number of hydrogen-bond acceptors (Lipinski definition) is 6. The first kappa shape index (κ1) is 19.5. The van der Waals surface area contributed by atoms with E-state index in [-0.39, 0.29) is 34.7 Å². The maximum absolute atomic E-state index is 14.2. The molecule has 160 valence electrons. The standard InChI is InChI=1S/C22H21FN4O4/c1-10-17(30-21(24-10)12-3-4-12)19(28)26-15-7-14(23)8-16(9-15)27-20(29)18-11(2)25-22(31-18)13-5-6-13/h7-9,12-13H,3-6H2,1-2H3,(H,26,28)(H,27,29). The molecule has 0 bridgehead atoms. The molecule has 8 nitrogen and oxygen atoms in total. The Balaban J connectivity index is 1.32. The van der Waals surface area contributed by atoms with Crippen molar-refractivity contribution in [3.05, 3.63) is 58.7 Å². The molecule has 0 aliphatic heterocycles. The quantitative estimate of drug-likeness (QED) is 0.595. The van der Waals surface area contributed by atoms with Crippen LogP contribution < -0.4 is 10.6 Å². The zero-order chi connectivity index (χ0) is 21.7. The van der Waals surface area contributed by atoms with Gasteiger partial charge in [0.25, 0.3) is 11.8 Å². The van der Waals surface area contributed by atoms with Gasteiger partial charge in [-0.1, -0.05) is 0 Å². The van der Waals surface area contributed by atoms with E-state index in [9.17, 15) is 14.0 Å². The topological polar surface area (TPSA) is 110 Å². The number of aromatic nitrogens is 2. The summed E-state index contributed by atoms with van der Waals surface area (Å²) in [7, 11) is 0. The lowest BCUT2D eigenvalue weighted by Crippen LogP contribution is -2.15. The van der Waals surface area contributed by atoms with Crippen LogP contribution in [0.15, 0.2) is 27.0 Å². The van der Waals surface area contributed by atoms with Crippen molar-refractivity contribution in [2.45, 2.75) is 51.4 Å². The zero-order valence-corrected chi connectivity index (χ0v) is 17.1. The highest BCUT2D eigenvalue weighted by Crippen LogP contribution is 2.41. The van der Waals surface area contributed by atoms with E-state index in [1.165, 1.54) is 6.07 Å². The van der Waals surface area contributed by atoms with Gasteiger partial charge in [-0.05, 0) is 57.7 Å². The largest absolute Gasteiger partial charge is 0.435 e. The van der Waals surface area contributed by atoms with Gasteiger partial charge in [-0.2, -0.15) is 0 Å². The maximum atomic E-state index is 14.2. The van der Waals surface area contributed by atoms with Crippen LogP contribution in [-0.2, 0) is 0 Å². The van der Waals surface area contributed by atoms with Gasteiger partial charge in [0.05, 0.1) is 11.4 Å². The van der Waals surface area contributed by atoms with Gasteiger partial charge >= 0.3 is 0 Å². The Labute approximate surface area is 177 Å². The van der Waals surface area contributed by atoms with Crippen LogP contribution in [0.25, 0.3) is 0 Å². The number of halogens is 1. The predicted octanol–water partition coefficient (Wildman–Crippen LogP) is 4.68. The van der Waals surface area contributed by atoms with E-state index in [0.29, 0.717) is 23.2 Å². The molecule has 0 saturated heterocycles. The molecular weight excluding hydrogens is 403 g/mol. The SMILES string of the molecule is Cc1nc(C2CC2)oc1C(=O)Nc1cc(F)cc(NC(=O)c2oc(C3CC3)nc2C)c1. The molecule has 31 heavy (non-hydrogen) atoms. The van der Waals surface area contributed by atoms with E-state index in [1.54, 1.807) is 13.8 Å². The minimum absolute atomic E-state index is 0.0987. The van der Waals surface area contributed by atoms with Gasteiger partial charge in [0, 0.05) is 23.2 Å². The highest BCUT2D eigenvalue weighted by atomic mass is 19.1. The Kier molecular flexibility index (Phi) is 4.60. The van der Waals surface area contributed by atoms with Crippen LogP contribution in [0, 0.1) is 19.7 Å². The molecule has 1 aromatic carbocycles. The number of amides is 2. The number of hydrogen-bond donors (Lipinski definition) is 2. The first-order chi connectivity index (χ1) is 14.9. The predicted molar refractivity (Wildman–Crippen MR) is 109 cm³/mol. The lowest BCUT2D eigenvalue weighted by atomic mass is 10.2. The summed E-state index contributed by atoms with van der Waals surface area (Å²) in [6, 6.07) is 3.78. The summed E-state index contributed by atoms with van der Waals surface area (Å²) in [5.41, 5.74) is 1.32. The minimum Gasteiger partial charge on any atom is -0.435 e. The number of rotatable bonds is 6. The van der Waals surface area contributed by atoms with Crippen LogP contribution in [0.1, 0.15) is 81.8 Å². The molecular formula is C22H21FN4O4. The van der Waals surface area contributed by atoms with Gasteiger partial charge < -0.3 is 19.5 Å². The van der Waals surface area contributed by atoms with Crippen molar-refractivity contribution in [2.75, 3.05) is 10.6 Å². The molecule has 0 radical (unpaired) electrons. The number of nitrogens with one attached hydrogen (secondary N) is 2. The summed E-state index contributed by atoms with van der Waals surface area (Å²) in [6.07, 6.45) is 4.00. The molecule has 2 fully saturated rings. The molecule has 2 aromatic heterocycles. The molecule has 2 N–H and O–H groups in total. The van der Waals surface area contributed by atoms with Gasteiger partial charge in [-0.15, -0.1) is 0 Å². The fourth-order valence-corrected chi connectivity index (χ4v) is 3.38. The Bertz CT molecular complexity index is 1100. The van der Waals surface area contributed by atoms with E-state index >= 15 is 0 Å². The third kappa shape index (κ3) is 4.08. The van der Waals surface area contributed by atoms with E-state index in [4.69, 9.17) is 8.83 Å². The second-order valence-corrected chi connectivity index (χ2v) is 8.12. The number of anilines is 2. The van der Waals surface area contributed by atoms with Gasteiger partial charge in [-0.25, -0.2) is 14.4 Å². The van der Waals surface area contributed by atoms with Gasteiger partial charge in [0.2, 0.25) is 11.5 Å². The monoisotopic (exact) mass is 424 g/mol. The van der Waals surface area contributed by atoms with E-state index in [1.807, 2.05) is 0 Å². The summed E-state index contributed by atoms with van der Waals surface area (Å²) < 4.78 is 25.3. The molecule has 5 rings (SSSR count). The smallest absolute Gasteiger partial charge is 0.293 e. The van der Waals surface area contributed by atoms with Crippen molar-refractivity contribution in [1.82, 2.24) is 9.97 Å². The number of aryl methyl sites for hydroxylation is 2. The summed E-state index contributed by atoms with van der Waals surface area (Å²) in [4.78, 5) is 33.8. The highest BCUT2D eigenvalue weighted by molar-refractivity contribution is 6.05. The molecule has 3 aromatic rings. The van der Waals surface area contributed by atoms with Crippen molar-refractivity contribution in [3.8, 4) is 0 Å². The minimum atomic E-state index is -0.617. The molecule has 2 aliphatic rings. The van der Waals surface area contributed by atoms with Crippen LogP contribution in [0.4, 0.5) is 15.8 Å². The van der Waals surface area contributed by atoms with Crippen molar-refractivity contribution < 1.29 is 22.8 Å². The van der Waals surface area contributed by atoms with Gasteiger partial charge in [0.1, 0.15) is 5.82 Å². The lowest BCUT2D eigenvalue weighted by molar-refractivity contribution is 0.0987. The molecule has 2 saturated carbocycles. The third-order valence-electron chi connectivity index (χ3n) is 5.31. The lowest BCUT2D eigenvalue weighted by Gasteiger charge is -2.08. The fourth-order valence-electron chi connectivity index (χ4n) is 3.38. The second-order valence-electron chi connectivity index (χ2n) is 8.12. The summed E-state index contributed by atoms with van der Waals surface area (Å²) in [5, 5.41) is 5.21. The maximum Gasteiger partial charge on any atom is 0.293 e. The number of nitrogens with zero attached hydrogens (tertiary/aromatic N) is 2. The first-order valence-corrected chi connectivity index (χ1v) is 10.3. The molecule has 0 spiro atoms. The average Bonchev–Trinajstić information content (AvgIpc) is 3.63. The molecule has 0 unspecified atom stereocenters. The summed E-state index contributed by atoms with van der Waals surface area (Å²) >= 11 is 0. The normalized spacial score (nSPS) is 15.7. The highest BCUT2D eigenvalue weighted by Gasteiger charge is 2.32. The molecule has 2 amide bonds. The first-order valence-electron chi connectivity index (χ1n) is 10.3. The Hall–Kier alpha value is -3.49. The number of carbonyl (C=O) groups is 2. The Morgan fingerprint density at radius 3 is 1.65 bits per heavy atom. The Morgan fingerprint density at radius 2 is 1.26 bits per heavy atom. The van der Waals surface area contributed by atoms with Crippen molar-refractivity contribution in [3.63, 3.8) is 0 Å². The fraction of sp³-hybridized carbons (Fsp3) is 0.364. The number of carbonyl (C=O) groups excluding carboxylic acids is 2. The second kappa shape index (κ2) is 7.33. The van der Waals surface area contributed by atoms with Crippen LogP contribution >= 0.6 is 0 Å². The zero-order valence-electron chi connectivity index (χ0n) is 17.1. The summed E-state index contributed by atoms with van der Waals surface area (Å²) in [6.45, 7) is 3.38. The molecule has 2 heterocycles. The van der Waals surface area contributed by atoms with Crippen molar-refractivity contribution in [2.24, 2.45) is 0 Å². The van der Waals surface area contributed by atoms with Crippen LogP contribution in [-0.4, -0.2) is 21.8 Å². The van der Waals surface area contributed by atoms with Crippen LogP contribution in [0.3, 0.4) is 0 Å². The van der Waals surface area contributed by atoms with Crippen LogP contribution in [0.5, 0.6) is 0 Å². The molecule has 0 atom stereocenters. The van der Waals surface area contributed by atoms with Gasteiger partial charge in [0.15, 0.2) is 11.8 Å². The molecule has 2 aliphatic carbocycles. The van der Waals surface area contributed by atoms with Crippen molar-refractivity contribution in [1.29, 1.82) is 0 Å². The average molecular weight is 424 g/mol. The third-order valence-corrected chi connectivity index (χ3v) is 5.31. The van der Waals surface area contributed by atoms with E-state index in [2.05, 4.69) is 20.6 Å². The summed E-state index contributed by atoms with van der Waals surface area (Å²) in [5.74, 6) is 0.190. The Morgan fingerprint density at radius 1 is 0.839 bits per heavy atom. The number of oxazole rings is 2.